The van der Waals surface area contributed by atoms with Gasteiger partial charge in [-0.15, -0.1) is 0 Å². The molecule has 2 aliphatic rings. The monoisotopic (exact) mass is 381 g/mol. The van der Waals surface area contributed by atoms with E-state index in [-0.39, 0.29) is 11.8 Å². The van der Waals surface area contributed by atoms with Crippen molar-refractivity contribution in [3.63, 3.8) is 0 Å². The fourth-order valence-electron chi connectivity index (χ4n) is 3.81. The quantitative estimate of drug-likeness (QED) is 0.764. The highest BCUT2D eigenvalue weighted by molar-refractivity contribution is 6.33. The second kappa shape index (κ2) is 7.32. The fraction of sp³-hybridized carbons (Fsp3) is 0.556. The number of urea groups is 1. The maximum atomic E-state index is 12.1. The average Bonchev–Trinajstić information content (AvgIpc) is 2.90. The highest BCUT2D eigenvalue weighted by Gasteiger charge is 2.48. The predicted molar refractivity (Wildman–Crippen MR) is 97.6 cm³/mol. The van der Waals surface area contributed by atoms with E-state index in [0.717, 1.165) is 31.5 Å². The smallest absolute Gasteiger partial charge is 0.322 e. The number of imide groups is 1. The lowest BCUT2D eigenvalue weighted by Crippen LogP contribution is -2.53. The number of hydrogen-bond donors (Lipinski definition) is 2. The molecule has 0 radical (unpaired) electrons. The standard InChI is InChI=1S/C18H24ClN3O4/c1-18(16(23)20-17(24)21-18)12-6-8-22(9-7-12)10-11-4-5-13(25-2)15(26-3)14(11)19/h4-5,12H,6-10H2,1-3H3,(H2,20,21,23,24). The van der Waals surface area contributed by atoms with Gasteiger partial charge in [0.25, 0.3) is 5.91 Å². The zero-order valence-corrected chi connectivity index (χ0v) is 16.0. The molecule has 142 valence electrons. The normalized spacial score (nSPS) is 24.3. The molecule has 2 aliphatic heterocycles. The van der Waals surface area contributed by atoms with Crippen molar-refractivity contribution >= 4 is 23.5 Å². The van der Waals surface area contributed by atoms with Crippen molar-refractivity contribution in [2.24, 2.45) is 5.92 Å². The summed E-state index contributed by atoms with van der Waals surface area (Å²) in [4.78, 5) is 25.9. The number of piperidine rings is 1. The summed E-state index contributed by atoms with van der Waals surface area (Å²) in [5.41, 5.74) is 0.158. The van der Waals surface area contributed by atoms with Crippen LogP contribution in [0.15, 0.2) is 12.1 Å². The Bertz CT molecular complexity index is 719. The summed E-state index contributed by atoms with van der Waals surface area (Å²) >= 11 is 6.47. The lowest BCUT2D eigenvalue weighted by molar-refractivity contribution is -0.125. The van der Waals surface area contributed by atoms with Crippen LogP contribution in [0.25, 0.3) is 0 Å². The Kier molecular flexibility index (Phi) is 5.29. The number of amides is 3. The van der Waals surface area contributed by atoms with Gasteiger partial charge in [0, 0.05) is 6.54 Å². The molecule has 3 rings (SSSR count). The molecule has 2 fully saturated rings. The summed E-state index contributed by atoms with van der Waals surface area (Å²) in [7, 11) is 3.15. The molecule has 26 heavy (non-hydrogen) atoms. The van der Waals surface area contributed by atoms with Gasteiger partial charge in [-0.1, -0.05) is 17.7 Å². The minimum absolute atomic E-state index is 0.117. The Morgan fingerprint density at radius 1 is 1.23 bits per heavy atom. The molecule has 3 amide bonds. The largest absolute Gasteiger partial charge is 0.493 e. The number of carbonyl (C=O) groups excluding carboxylic acids is 2. The van der Waals surface area contributed by atoms with Crippen molar-refractivity contribution in [3.05, 3.63) is 22.7 Å². The van der Waals surface area contributed by atoms with Crippen LogP contribution in [0.5, 0.6) is 11.5 Å². The van der Waals surface area contributed by atoms with E-state index < -0.39 is 11.6 Å². The van der Waals surface area contributed by atoms with E-state index in [4.69, 9.17) is 21.1 Å². The molecule has 0 aliphatic carbocycles. The average molecular weight is 382 g/mol. The summed E-state index contributed by atoms with van der Waals surface area (Å²) in [6.07, 6.45) is 1.66. The molecule has 8 heteroatoms. The van der Waals surface area contributed by atoms with Crippen molar-refractivity contribution in [1.29, 1.82) is 0 Å². The Labute approximate surface area is 158 Å². The summed E-state index contributed by atoms with van der Waals surface area (Å²) in [5, 5.41) is 5.68. The topological polar surface area (TPSA) is 79.9 Å². The van der Waals surface area contributed by atoms with E-state index in [2.05, 4.69) is 15.5 Å². The van der Waals surface area contributed by atoms with E-state index in [9.17, 15) is 9.59 Å². The van der Waals surface area contributed by atoms with Crippen LogP contribution in [0.4, 0.5) is 4.79 Å². The van der Waals surface area contributed by atoms with Gasteiger partial charge in [0.2, 0.25) is 0 Å². The van der Waals surface area contributed by atoms with E-state index in [1.165, 1.54) is 0 Å². The molecule has 1 unspecified atom stereocenters. The van der Waals surface area contributed by atoms with Crippen LogP contribution < -0.4 is 20.1 Å². The Hall–Kier alpha value is -1.99. The van der Waals surface area contributed by atoms with Gasteiger partial charge in [0.1, 0.15) is 5.54 Å². The van der Waals surface area contributed by atoms with E-state index in [0.29, 0.717) is 23.1 Å². The van der Waals surface area contributed by atoms with Gasteiger partial charge in [-0.05, 0) is 50.4 Å². The summed E-state index contributed by atoms with van der Waals surface area (Å²) in [5.74, 6) is 1.03. The van der Waals surface area contributed by atoms with Crippen molar-refractivity contribution in [1.82, 2.24) is 15.5 Å². The Balaban J connectivity index is 1.65. The first-order valence-electron chi connectivity index (χ1n) is 8.64. The number of halogens is 1. The predicted octanol–water partition coefficient (Wildman–Crippen LogP) is 2.17. The maximum Gasteiger partial charge on any atom is 0.322 e. The molecular formula is C18H24ClN3O4. The highest BCUT2D eigenvalue weighted by atomic mass is 35.5. The molecular weight excluding hydrogens is 358 g/mol. The fourth-order valence-corrected chi connectivity index (χ4v) is 4.10. The van der Waals surface area contributed by atoms with Crippen LogP contribution in [-0.2, 0) is 11.3 Å². The van der Waals surface area contributed by atoms with Crippen molar-refractivity contribution in [3.8, 4) is 11.5 Å². The first kappa shape index (κ1) is 18.8. The van der Waals surface area contributed by atoms with Gasteiger partial charge in [-0.25, -0.2) is 4.79 Å². The van der Waals surface area contributed by atoms with Crippen LogP contribution in [-0.4, -0.2) is 49.7 Å². The molecule has 2 N–H and O–H groups in total. The first-order valence-corrected chi connectivity index (χ1v) is 9.02. The zero-order valence-electron chi connectivity index (χ0n) is 15.2. The highest BCUT2D eigenvalue weighted by Crippen LogP contribution is 2.38. The third-order valence-corrected chi connectivity index (χ3v) is 5.85. The SMILES string of the molecule is COc1ccc(CN2CCC(C3(C)NC(=O)NC3=O)CC2)c(Cl)c1OC. The van der Waals surface area contributed by atoms with Crippen LogP contribution in [0.1, 0.15) is 25.3 Å². The minimum atomic E-state index is -0.815. The van der Waals surface area contributed by atoms with Gasteiger partial charge in [0.15, 0.2) is 11.5 Å². The third kappa shape index (κ3) is 3.33. The molecule has 1 aromatic carbocycles. The number of hydrogen-bond acceptors (Lipinski definition) is 5. The summed E-state index contributed by atoms with van der Waals surface area (Å²) in [6, 6.07) is 3.39. The minimum Gasteiger partial charge on any atom is -0.493 e. The molecule has 1 aromatic rings. The Morgan fingerprint density at radius 2 is 1.92 bits per heavy atom. The van der Waals surface area contributed by atoms with Crippen LogP contribution >= 0.6 is 11.6 Å². The summed E-state index contributed by atoms with van der Waals surface area (Å²) in [6.45, 7) is 4.15. The Morgan fingerprint density at radius 3 is 2.46 bits per heavy atom. The van der Waals surface area contributed by atoms with Gasteiger partial charge >= 0.3 is 6.03 Å². The van der Waals surface area contributed by atoms with E-state index in [1.54, 1.807) is 21.1 Å². The van der Waals surface area contributed by atoms with E-state index >= 15 is 0 Å². The number of nitrogens with zero attached hydrogens (tertiary/aromatic N) is 1. The lowest BCUT2D eigenvalue weighted by Gasteiger charge is -2.38. The molecule has 0 spiro atoms. The van der Waals surface area contributed by atoms with Gasteiger partial charge in [0.05, 0.1) is 19.2 Å². The number of rotatable bonds is 5. The van der Waals surface area contributed by atoms with Crippen molar-refractivity contribution in [2.45, 2.75) is 31.8 Å². The number of likely N-dealkylation sites (tertiary alicyclic amines) is 1. The first-order chi connectivity index (χ1) is 12.4. The van der Waals surface area contributed by atoms with Crippen LogP contribution in [0, 0.1) is 5.92 Å². The lowest BCUT2D eigenvalue weighted by atomic mass is 9.79. The third-order valence-electron chi connectivity index (χ3n) is 5.43. The zero-order chi connectivity index (χ0) is 18.9. The van der Waals surface area contributed by atoms with Crippen LogP contribution in [0.3, 0.4) is 0 Å². The van der Waals surface area contributed by atoms with Gasteiger partial charge in [-0.3, -0.25) is 15.0 Å². The number of methoxy groups -OCH3 is 2. The molecule has 0 bridgehead atoms. The number of nitrogens with one attached hydrogen (secondary N) is 2. The van der Waals surface area contributed by atoms with Crippen molar-refractivity contribution < 1.29 is 19.1 Å². The molecule has 2 saturated heterocycles. The second-order valence-electron chi connectivity index (χ2n) is 6.94. The molecule has 1 atom stereocenters. The number of ether oxygens (including phenoxy) is 2. The van der Waals surface area contributed by atoms with Gasteiger partial charge < -0.3 is 14.8 Å². The number of carbonyl (C=O) groups is 2. The number of benzene rings is 1. The second-order valence-corrected chi connectivity index (χ2v) is 7.31. The van der Waals surface area contributed by atoms with Crippen LogP contribution in [0.2, 0.25) is 5.02 Å². The molecule has 0 aromatic heterocycles. The van der Waals surface area contributed by atoms with Gasteiger partial charge in [-0.2, -0.15) is 0 Å². The maximum absolute atomic E-state index is 12.1. The summed E-state index contributed by atoms with van der Waals surface area (Å²) < 4.78 is 10.6. The molecule has 0 saturated carbocycles. The van der Waals surface area contributed by atoms with E-state index in [1.807, 2.05) is 12.1 Å². The molecule has 2 heterocycles. The van der Waals surface area contributed by atoms with Crippen molar-refractivity contribution in [2.75, 3.05) is 27.3 Å². The molecule has 7 nitrogen and oxygen atoms in total.